The third kappa shape index (κ3) is 471. The molecule has 1 rings (SSSR count). The molecule has 22 heavy (non-hydrogen) atoms. The number of nitriles is 3. The zero-order valence-corrected chi connectivity index (χ0v) is 14.4. The minimum absolute atomic E-state index is 0. The van der Waals surface area contributed by atoms with Crippen LogP contribution in [0.1, 0.15) is 20.8 Å². The molecule has 0 N–H and O–H groups in total. The molecule has 0 saturated heterocycles. The Labute approximate surface area is 138 Å². The van der Waals surface area contributed by atoms with Crippen molar-refractivity contribution in [3.8, 4) is 18.2 Å². The van der Waals surface area contributed by atoms with E-state index in [4.69, 9.17) is 15.8 Å². The minimum atomic E-state index is -10.7. The molecular weight excluding hydrogens is 420 g/mol. The molecule has 0 bridgehead atoms. The smallest absolute Gasteiger partial charge is 0.214 e. The van der Waals surface area contributed by atoms with E-state index in [-0.39, 0.29) is 19.5 Å². The summed E-state index contributed by atoms with van der Waals surface area (Å²) in [6.07, 6.45) is 0. The second-order valence-corrected chi connectivity index (χ2v) is 4.51. The predicted octanol–water partition coefficient (Wildman–Crippen LogP) is 6.38. The molecular formula is C11H14F6N3PRu. The van der Waals surface area contributed by atoms with Gasteiger partial charge in [0.2, 0.25) is 0 Å². The van der Waals surface area contributed by atoms with Gasteiger partial charge in [-0.15, -0.1) is 0 Å². The Morgan fingerprint density at radius 3 is 0.909 bits per heavy atom. The number of hydrogen-bond donors (Lipinski definition) is 0. The van der Waals surface area contributed by atoms with Crippen LogP contribution in [0.3, 0.4) is 0 Å². The van der Waals surface area contributed by atoms with Crippen molar-refractivity contribution >= 4 is 7.81 Å². The molecule has 0 aliphatic rings. The van der Waals surface area contributed by atoms with Crippen molar-refractivity contribution in [3.05, 3.63) is 30.3 Å². The van der Waals surface area contributed by atoms with Gasteiger partial charge in [0.15, 0.2) is 0 Å². The van der Waals surface area contributed by atoms with Gasteiger partial charge in [-0.3, -0.25) is 0 Å². The molecule has 0 saturated carbocycles. The fourth-order valence-corrected chi connectivity index (χ4v) is 0.321. The minimum Gasteiger partial charge on any atom is -0.214 e. The molecule has 0 aliphatic heterocycles. The molecule has 1 aromatic rings. The fraction of sp³-hybridized carbons (Fsp3) is 0.273. The summed E-state index contributed by atoms with van der Waals surface area (Å²) in [7, 11) is -10.7. The van der Waals surface area contributed by atoms with Crippen LogP contribution in [0.5, 0.6) is 0 Å². The average Bonchev–Trinajstić information content (AvgIpc) is 2.72. The van der Waals surface area contributed by atoms with Gasteiger partial charge in [0.05, 0.1) is 18.2 Å². The van der Waals surface area contributed by atoms with E-state index in [0.717, 1.165) is 0 Å². The van der Waals surface area contributed by atoms with Crippen LogP contribution in [-0.2, 0) is 19.5 Å². The van der Waals surface area contributed by atoms with Crippen LogP contribution in [0.4, 0.5) is 25.2 Å². The first-order valence-corrected chi connectivity index (χ1v) is 6.88. The van der Waals surface area contributed by atoms with Crippen LogP contribution >= 0.6 is 7.81 Å². The summed E-state index contributed by atoms with van der Waals surface area (Å²) in [4.78, 5) is 0. The van der Waals surface area contributed by atoms with Gasteiger partial charge in [-0.1, -0.05) is 0 Å². The van der Waals surface area contributed by atoms with Gasteiger partial charge in [-0.2, -0.15) is 34.0 Å². The third-order valence-electron chi connectivity index (χ3n) is 0.556. The van der Waals surface area contributed by atoms with Crippen LogP contribution in [0.15, 0.2) is 30.3 Å². The van der Waals surface area contributed by atoms with E-state index in [2.05, 4.69) is 0 Å². The molecule has 0 radical (unpaired) electrons. The van der Waals surface area contributed by atoms with Gasteiger partial charge >= 0.3 is 52.5 Å². The second-order valence-electron chi connectivity index (χ2n) is 2.59. The zero-order valence-electron chi connectivity index (χ0n) is 11.8. The number of nitrogens with zero attached hydrogens (tertiary/aromatic N) is 3. The molecule has 0 heterocycles. The number of halogens is 6. The van der Waals surface area contributed by atoms with E-state index >= 15 is 0 Å². The summed E-state index contributed by atoms with van der Waals surface area (Å²) < 4.78 is 59.2. The zero-order chi connectivity index (χ0) is 18.1. The van der Waals surface area contributed by atoms with Gasteiger partial charge in [-0.25, -0.2) is 12.1 Å². The van der Waals surface area contributed by atoms with Crippen LogP contribution in [0.2, 0.25) is 0 Å². The fourth-order valence-electron chi connectivity index (χ4n) is 0.321. The van der Waals surface area contributed by atoms with E-state index in [1.807, 2.05) is 30.3 Å². The van der Waals surface area contributed by atoms with Crippen molar-refractivity contribution in [3.63, 3.8) is 0 Å². The van der Waals surface area contributed by atoms with Gasteiger partial charge in [0.1, 0.15) is 0 Å². The quantitative estimate of drug-likeness (QED) is 0.206. The molecule has 0 unspecified atom stereocenters. The van der Waals surface area contributed by atoms with Crippen molar-refractivity contribution in [2.45, 2.75) is 20.8 Å². The molecule has 0 spiro atoms. The first kappa shape index (κ1) is 32.4. The summed E-state index contributed by atoms with van der Waals surface area (Å²) in [5.41, 5.74) is 0. The first-order valence-electron chi connectivity index (χ1n) is 4.85. The molecule has 1 aromatic carbocycles. The van der Waals surface area contributed by atoms with Crippen molar-refractivity contribution in [2.75, 3.05) is 0 Å². The van der Waals surface area contributed by atoms with Crippen molar-refractivity contribution in [2.24, 2.45) is 0 Å². The Morgan fingerprint density at radius 2 is 0.864 bits per heavy atom. The summed E-state index contributed by atoms with van der Waals surface area (Å²) in [6.45, 7) is 4.29. The van der Waals surface area contributed by atoms with Gasteiger partial charge in [-0.05, 0) is 0 Å². The van der Waals surface area contributed by atoms with E-state index in [1.54, 1.807) is 18.2 Å². The molecule has 11 heteroatoms. The van der Waals surface area contributed by atoms with Crippen LogP contribution < -0.4 is 0 Å². The Hall–Kier alpha value is -1.55. The summed E-state index contributed by atoms with van der Waals surface area (Å²) in [5, 5.41) is 22.0. The van der Waals surface area contributed by atoms with E-state index in [0.29, 0.717) is 0 Å². The summed E-state index contributed by atoms with van der Waals surface area (Å²) in [5.74, 6) is 0. The van der Waals surface area contributed by atoms with Crippen molar-refractivity contribution in [1.29, 1.82) is 15.8 Å². The molecule has 0 aliphatic carbocycles. The Balaban J connectivity index is -0.0000000572. The standard InChI is InChI=1S/C5H5.3C2H3N.F6P.Ru/c1-2-4-5-3-1;3*1-2-3;1-7(2,3,4,5)6;/h1-5H;3*1H3;;/q-1;;;;-1;+2. The predicted molar refractivity (Wildman–Crippen MR) is 69.5 cm³/mol. The number of rotatable bonds is 0. The molecule has 0 amide bonds. The molecule has 128 valence electrons. The van der Waals surface area contributed by atoms with Gasteiger partial charge in [0, 0.05) is 20.8 Å². The SMILES string of the molecule is CC#N.CC#N.CC#N.F[P-](F)(F)(F)(F)F.[Ru+2].c1cc[cH-]c1. The molecule has 3 nitrogen and oxygen atoms in total. The Morgan fingerprint density at radius 1 is 0.727 bits per heavy atom. The van der Waals surface area contributed by atoms with Crippen LogP contribution in [0, 0.1) is 34.0 Å². The topological polar surface area (TPSA) is 71.4 Å². The van der Waals surface area contributed by atoms with Crippen LogP contribution in [0.25, 0.3) is 0 Å². The molecule has 0 atom stereocenters. The van der Waals surface area contributed by atoms with Gasteiger partial charge < -0.3 is 0 Å². The Bertz CT molecular complexity index is 393. The maximum absolute atomic E-state index is 10.7. The monoisotopic (exact) mass is 435 g/mol. The van der Waals surface area contributed by atoms with E-state index in [1.165, 1.54) is 20.8 Å². The van der Waals surface area contributed by atoms with E-state index < -0.39 is 7.81 Å². The maximum Gasteiger partial charge on any atom is 2.00 e. The van der Waals surface area contributed by atoms with Gasteiger partial charge in [0.25, 0.3) is 0 Å². The molecule has 0 fully saturated rings. The summed E-state index contributed by atoms with van der Waals surface area (Å²) >= 11 is 0. The van der Waals surface area contributed by atoms with E-state index in [9.17, 15) is 25.2 Å². The maximum atomic E-state index is 9.87. The molecule has 0 aromatic heterocycles. The third-order valence-corrected chi connectivity index (χ3v) is 0.556. The normalized spacial score (nSPS) is 10.3. The summed E-state index contributed by atoms with van der Waals surface area (Å²) in [6, 6.07) is 15.2. The largest absolute Gasteiger partial charge is 2.00 e. The first-order chi connectivity index (χ1) is 9.19. The van der Waals surface area contributed by atoms with Crippen molar-refractivity contribution in [1.82, 2.24) is 0 Å². The number of hydrogen-bond acceptors (Lipinski definition) is 3. The average molecular weight is 434 g/mol. The Kier molecular flexibility index (Phi) is 21.2. The van der Waals surface area contributed by atoms with Crippen LogP contribution in [-0.4, -0.2) is 0 Å². The second kappa shape index (κ2) is 14.4. The van der Waals surface area contributed by atoms with Crippen molar-refractivity contribution < 1.29 is 44.7 Å².